The molecule has 0 bridgehead atoms. The summed E-state index contributed by atoms with van der Waals surface area (Å²) in [4.78, 5) is 0. The van der Waals surface area contributed by atoms with Gasteiger partial charge in [-0.2, -0.15) is 0 Å². The molecule has 3 rings (SSSR count). The van der Waals surface area contributed by atoms with Crippen LogP contribution in [0.3, 0.4) is 0 Å². The number of fused-ring (bicyclic) bond motifs is 1. The van der Waals surface area contributed by atoms with Crippen molar-refractivity contribution in [2.24, 2.45) is 5.92 Å². The van der Waals surface area contributed by atoms with Gasteiger partial charge >= 0.3 is 0 Å². The number of ether oxygens (including phenoxy) is 2. The van der Waals surface area contributed by atoms with Crippen molar-refractivity contribution in [3.63, 3.8) is 0 Å². The molecule has 20 heavy (non-hydrogen) atoms. The molecule has 0 radical (unpaired) electrons. The van der Waals surface area contributed by atoms with Crippen molar-refractivity contribution >= 4 is 5.69 Å². The molecule has 106 valence electrons. The van der Waals surface area contributed by atoms with Crippen LogP contribution in [0.2, 0.25) is 0 Å². The summed E-state index contributed by atoms with van der Waals surface area (Å²) in [6, 6.07) is 5.99. The first-order valence-electron chi connectivity index (χ1n) is 7.19. The molecule has 3 heteroatoms. The smallest absolute Gasteiger partial charge is 0.231 e. The number of rotatable bonds is 4. The standard InChI is InChI=1S/C17H21NO2/c1-12(2)14-5-3-13(4-6-14)10-18-15-7-8-16-17(9-15)20-11-19-16/h3,7-9,14,18H,1,4-6,10-11H2,2H3/t14-/m0/s1. The Bertz CT molecular complexity index is 548. The molecule has 1 aliphatic carbocycles. The molecule has 1 N–H and O–H groups in total. The number of hydrogen-bond donors (Lipinski definition) is 1. The average molecular weight is 271 g/mol. The zero-order chi connectivity index (χ0) is 13.9. The lowest BCUT2D eigenvalue weighted by Gasteiger charge is -2.22. The van der Waals surface area contributed by atoms with Gasteiger partial charge in [-0.25, -0.2) is 0 Å². The van der Waals surface area contributed by atoms with Crippen molar-refractivity contribution in [3.8, 4) is 11.5 Å². The minimum atomic E-state index is 0.326. The normalized spacial score (nSPS) is 20.4. The Morgan fingerprint density at radius 1 is 1.35 bits per heavy atom. The maximum atomic E-state index is 5.38. The van der Waals surface area contributed by atoms with E-state index in [2.05, 4.69) is 24.9 Å². The molecule has 0 saturated heterocycles. The molecular formula is C17H21NO2. The fraction of sp³-hybridized carbons (Fsp3) is 0.412. The van der Waals surface area contributed by atoms with Crippen molar-refractivity contribution in [3.05, 3.63) is 42.0 Å². The van der Waals surface area contributed by atoms with E-state index in [9.17, 15) is 0 Å². The number of allylic oxidation sites excluding steroid dienone is 2. The first-order chi connectivity index (χ1) is 9.72. The van der Waals surface area contributed by atoms with Gasteiger partial charge in [0, 0.05) is 18.3 Å². The minimum Gasteiger partial charge on any atom is -0.454 e. The Morgan fingerprint density at radius 3 is 2.95 bits per heavy atom. The second-order valence-electron chi connectivity index (χ2n) is 5.60. The van der Waals surface area contributed by atoms with Crippen LogP contribution in [0.4, 0.5) is 5.69 Å². The van der Waals surface area contributed by atoms with Gasteiger partial charge in [0.25, 0.3) is 0 Å². The van der Waals surface area contributed by atoms with E-state index >= 15 is 0 Å². The number of hydrogen-bond acceptors (Lipinski definition) is 3. The van der Waals surface area contributed by atoms with Crippen molar-refractivity contribution in [1.29, 1.82) is 0 Å². The van der Waals surface area contributed by atoms with E-state index in [0.717, 1.165) is 36.6 Å². The van der Waals surface area contributed by atoms with Crippen LogP contribution in [-0.4, -0.2) is 13.3 Å². The second-order valence-corrected chi connectivity index (χ2v) is 5.60. The Hall–Kier alpha value is -1.90. The SMILES string of the molecule is C=C(C)[C@H]1CC=C(CNc2ccc3c(c2)OCO3)CC1. The molecule has 1 aromatic rings. The van der Waals surface area contributed by atoms with Crippen LogP contribution >= 0.6 is 0 Å². The van der Waals surface area contributed by atoms with Crippen LogP contribution in [0, 0.1) is 5.92 Å². The summed E-state index contributed by atoms with van der Waals surface area (Å²) < 4.78 is 10.7. The monoisotopic (exact) mass is 271 g/mol. The molecular weight excluding hydrogens is 250 g/mol. The maximum Gasteiger partial charge on any atom is 0.231 e. The highest BCUT2D eigenvalue weighted by Gasteiger charge is 2.16. The Morgan fingerprint density at radius 2 is 2.20 bits per heavy atom. The van der Waals surface area contributed by atoms with Crippen molar-refractivity contribution < 1.29 is 9.47 Å². The lowest BCUT2D eigenvalue weighted by atomic mass is 9.85. The van der Waals surface area contributed by atoms with E-state index in [-0.39, 0.29) is 0 Å². The first kappa shape index (κ1) is 13.1. The summed E-state index contributed by atoms with van der Waals surface area (Å²) in [6.45, 7) is 7.42. The number of benzene rings is 1. The third-order valence-electron chi connectivity index (χ3n) is 4.09. The second kappa shape index (κ2) is 5.61. The molecule has 0 amide bonds. The summed E-state index contributed by atoms with van der Waals surface area (Å²) in [5, 5.41) is 3.46. The predicted octanol–water partition coefficient (Wildman–Crippen LogP) is 4.13. The lowest BCUT2D eigenvalue weighted by molar-refractivity contribution is 0.174. The van der Waals surface area contributed by atoms with Crippen molar-refractivity contribution in [1.82, 2.24) is 0 Å². The predicted molar refractivity (Wildman–Crippen MR) is 81.3 cm³/mol. The van der Waals surface area contributed by atoms with E-state index in [1.807, 2.05) is 18.2 Å². The number of nitrogens with one attached hydrogen (secondary N) is 1. The highest BCUT2D eigenvalue weighted by atomic mass is 16.7. The van der Waals surface area contributed by atoms with Crippen LogP contribution in [0.25, 0.3) is 0 Å². The quantitative estimate of drug-likeness (QED) is 0.835. The largest absolute Gasteiger partial charge is 0.454 e. The molecule has 1 aromatic carbocycles. The number of anilines is 1. The van der Waals surface area contributed by atoms with Crippen molar-refractivity contribution in [2.45, 2.75) is 26.2 Å². The summed E-state index contributed by atoms with van der Waals surface area (Å²) in [6.07, 6.45) is 5.88. The Labute approximate surface area is 120 Å². The topological polar surface area (TPSA) is 30.5 Å². The van der Waals surface area contributed by atoms with Gasteiger partial charge in [0.1, 0.15) is 0 Å². The van der Waals surface area contributed by atoms with Gasteiger partial charge in [-0.05, 0) is 44.2 Å². The molecule has 2 aliphatic rings. The van der Waals surface area contributed by atoms with Crippen LogP contribution in [0.5, 0.6) is 11.5 Å². The van der Waals surface area contributed by atoms with Gasteiger partial charge in [0.2, 0.25) is 6.79 Å². The van der Waals surface area contributed by atoms with Gasteiger partial charge in [-0.1, -0.05) is 23.8 Å². The molecule has 0 unspecified atom stereocenters. The van der Waals surface area contributed by atoms with Crippen LogP contribution in [-0.2, 0) is 0 Å². The first-order valence-corrected chi connectivity index (χ1v) is 7.19. The third kappa shape index (κ3) is 2.82. The summed E-state index contributed by atoms with van der Waals surface area (Å²) in [5.74, 6) is 2.33. The molecule has 0 fully saturated rings. The minimum absolute atomic E-state index is 0.326. The molecule has 0 aromatic heterocycles. The summed E-state index contributed by atoms with van der Waals surface area (Å²) in [5.41, 5.74) is 3.88. The zero-order valence-corrected chi connectivity index (χ0v) is 11.9. The summed E-state index contributed by atoms with van der Waals surface area (Å²) in [7, 11) is 0. The maximum absolute atomic E-state index is 5.38. The highest BCUT2D eigenvalue weighted by Crippen LogP contribution is 2.34. The van der Waals surface area contributed by atoms with E-state index in [0.29, 0.717) is 12.7 Å². The molecule has 0 spiro atoms. The molecule has 1 aliphatic heterocycles. The fourth-order valence-electron chi connectivity index (χ4n) is 2.72. The molecule has 3 nitrogen and oxygen atoms in total. The Balaban J connectivity index is 1.56. The molecule has 1 atom stereocenters. The molecule has 0 saturated carbocycles. The van der Waals surface area contributed by atoms with Gasteiger partial charge in [-0.3, -0.25) is 0 Å². The van der Waals surface area contributed by atoms with Gasteiger partial charge < -0.3 is 14.8 Å². The van der Waals surface area contributed by atoms with Gasteiger partial charge in [0.05, 0.1) is 0 Å². The zero-order valence-electron chi connectivity index (χ0n) is 11.9. The Kier molecular flexibility index (Phi) is 3.68. The van der Waals surface area contributed by atoms with Gasteiger partial charge in [0.15, 0.2) is 11.5 Å². The van der Waals surface area contributed by atoms with E-state index in [4.69, 9.17) is 9.47 Å². The van der Waals surface area contributed by atoms with Gasteiger partial charge in [-0.15, -0.1) is 0 Å². The fourth-order valence-corrected chi connectivity index (χ4v) is 2.72. The molecule has 1 heterocycles. The van der Waals surface area contributed by atoms with Crippen LogP contribution in [0.1, 0.15) is 26.2 Å². The highest BCUT2D eigenvalue weighted by molar-refractivity contribution is 5.56. The van der Waals surface area contributed by atoms with E-state index < -0.39 is 0 Å². The van der Waals surface area contributed by atoms with Crippen LogP contribution in [0.15, 0.2) is 42.0 Å². The van der Waals surface area contributed by atoms with Crippen LogP contribution < -0.4 is 14.8 Å². The summed E-state index contributed by atoms with van der Waals surface area (Å²) >= 11 is 0. The van der Waals surface area contributed by atoms with E-state index in [1.165, 1.54) is 17.6 Å². The van der Waals surface area contributed by atoms with E-state index in [1.54, 1.807) is 0 Å². The average Bonchev–Trinajstić information content (AvgIpc) is 2.93. The van der Waals surface area contributed by atoms with Crippen molar-refractivity contribution in [2.75, 3.05) is 18.7 Å². The third-order valence-corrected chi connectivity index (χ3v) is 4.09. The lowest BCUT2D eigenvalue weighted by Crippen LogP contribution is -2.12.